The number of ether oxygens (including phenoxy) is 1. The normalized spacial score (nSPS) is 15.6. The third-order valence-corrected chi connectivity index (χ3v) is 5.71. The molecule has 0 aromatic carbocycles. The molecule has 0 radical (unpaired) electrons. The summed E-state index contributed by atoms with van der Waals surface area (Å²) < 4.78 is 5.20. The number of aliphatic hydroxyl groups is 1. The Morgan fingerprint density at radius 3 is 2.32 bits per heavy atom. The fourth-order valence-corrected chi connectivity index (χ4v) is 3.13. The topological polar surface area (TPSA) is 102 Å². The van der Waals surface area contributed by atoms with Crippen LogP contribution in [0.5, 0.6) is 0 Å². The summed E-state index contributed by atoms with van der Waals surface area (Å²) in [6.45, 7) is 12.9. The lowest BCUT2D eigenvalue weighted by molar-refractivity contribution is -0.130. The molecule has 0 spiro atoms. The van der Waals surface area contributed by atoms with Crippen LogP contribution in [-0.2, 0) is 9.53 Å². The summed E-state index contributed by atoms with van der Waals surface area (Å²) in [5.41, 5.74) is 5.93. The number of carbonyl (C=O) groups is 2. The second-order valence-electron chi connectivity index (χ2n) is 8.43. The van der Waals surface area contributed by atoms with Gasteiger partial charge in [-0.3, -0.25) is 4.79 Å². The number of unbranched alkanes of at least 4 members (excludes halogenated alkanes) is 1. The van der Waals surface area contributed by atoms with Crippen molar-refractivity contribution >= 4 is 20.0 Å². The SMILES string of the molecule is CCCC[C@H](NC(=O)OCC[Si](C)(C)C)C(=O)C(O)[C@@H](N)CC(C)C. The summed E-state index contributed by atoms with van der Waals surface area (Å²) in [5.74, 6) is -0.144. The van der Waals surface area contributed by atoms with Crippen molar-refractivity contribution in [2.45, 2.75) is 90.3 Å². The lowest BCUT2D eigenvalue weighted by Gasteiger charge is -2.25. The van der Waals surface area contributed by atoms with Gasteiger partial charge < -0.3 is 20.9 Å². The molecular weight excluding hydrogens is 336 g/mol. The van der Waals surface area contributed by atoms with Crippen molar-refractivity contribution in [1.29, 1.82) is 0 Å². The number of aliphatic hydroxyl groups excluding tert-OH is 1. The van der Waals surface area contributed by atoms with Crippen LogP contribution in [0.4, 0.5) is 4.79 Å². The van der Waals surface area contributed by atoms with E-state index in [4.69, 9.17) is 10.5 Å². The molecule has 0 fully saturated rings. The molecule has 0 saturated heterocycles. The zero-order valence-electron chi connectivity index (χ0n) is 16.8. The highest BCUT2D eigenvalue weighted by molar-refractivity contribution is 6.76. The van der Waals surface area contributed by atoms with Crippen LogP contribution in [0.3, 0.4) is 0 Å². The zero-order valence-corrected chi connectivity index (χ0v) is 17.8. The molecule has 7 heteroatoms. The quantitative estimate of drug-likeness (QED) is 0.456. The molecule has 0 aliphatic heterocycles. The zero-order chi connectivity index (χ0) is 19.6. The van der Waals surface area contributed by atoms with Crippen molar-refractivity contribution in [1.82, 2.24) is 5.32 Å². The van der Waals surface area contributed by atoms with Crippen LogP contribution >= 0.6 is 0 Å². The van der Waals surface area contributed by atoms with Crippen molar-refractivity contribution in [2.75, 3.05) is 6.61 Å². The van der Waals surface area contributed by atoms with E-state index < -0.39 is 38.1 Å². The van der Waals surface area contributed by atoms with Gasteiger partial charge in [0.1, 0.15) is 6.10 Å². The third-order valence-electron chi connectivity index (χ3n) is 4.01. The molecule has 1 unspecified atom stereocenters. The number of Topliss-reactive ketones (excluding diaryl/α,β-unsaturated/α-hetero) is 1. The first-order valence-electron chi connectivity index (χ1n) is 9.38. The molecule has 0 rings (SSSR count). The molecule has 0 aromatic rings. The summed E-state index contributed by atoms with van der Waals surface area (Å²) in [4.78, 5) is 24.5. The van der Waals surface area contributed by atoms with Crippen molar-refractivity contribution in [3.63, 3.8) is 0 Å². The Kier molecular flexibility index (Phi) is 11.2. The Morgan fingerprint density at radius 2 is 1.84 bits per heavy atom. The van der Waals surface area contributed by atoms with E-state index in [1.54, 1.807) is 0 Å². The summed E-state index contributed by atoms with van der Waals surface area (Å²) in [7, 11) is -1.28. The first-order chi connectivity index (χ1) is 11.5. The van der Waals surface area contributed by atoms with Crippen LogP contribution in [0, 0.1) is 5.92 Å². The molecule has 6 nitrogen and oxygen atoms in total. The minimum absolute atomic E-state index is 0.283. The number of alkyl carbamates (subject to hydrolysis) is 1. The molecule has 25 heavy (non-hydrogen) atoms. The molecule has 1 amide bonds. The van der Waals surface area contributed by atoms with Gasteiger partial charge in [0.05, 0.1) is 12.6 Å². The smallest absolute Gasteiger partial charge is 0.407 e. The average Bonchev–Trinajstić information content (AvgIpc) is 2.47. The number of hydrogen-bond acceptors (Lipinski definition) is 5. The molecule has 0 aliphatic rings. The van der Waals surface area contributed by atoms with E-state index in [0.717, 1.165) is 18.9 Å². The Bertz CT molecular complexity index is 410. The molecule has 0 aromatic heterocycles. The number of nitrogens with one attached hydrogen (secondary N) is 1. The standard InChI is InChI=1S/C18H38N2O4Si/c1-7-8-9-15(17(22)16(21)14(19)12-13(2)3)20-18(23)24-10-11-25(4,5)6/h13-16,21H,7-12,19H2,1-6H3,(H,20,23)/t14-,15-,16?/m0/s1. The Hall–Kier alpha value is -0.923. The number of rotatable bonds is 12. The van der Waals surface area contributed by atoms with E-state index in [0.29, 0.717) is 19.4 Å². The molecule has 4 N–H and O–H groups in total. The molecular formula is C18H38N2O4Si. The van der Waals surface area contributed by atoms with Crippen molar-refractivity contribution < 1.29 is 19.4 Å². The third kappa shape index (κ3) is 11.3. The molecule has 0 aliphatic carbocycles. The number of amides is 1. The highest BCUT2D eigenvalue weighted by Crippen LogP contribution is 2.12. The highest BCUT2D eigenvalue weighted by atomic mass is 28.3. The van der Waals surface area contributed by atoms with Gasteiger partial charge in [0.15, 0.2) is 5.78 Å². The van der Waals surface area contributed by atoms with E-state index in [2.05, 4.69) is 25.0 Å². The predicted octanol–water partition coefficient (Wildman–Crippen LogP) is 2.91. The first kappa shape index (κ1) is 24.1. The fraction of sp³-hybridized carbons (Fsp3) is 0.889. The molecule has 3 atom stereocenters. The summed E-state index contributed by atoms with van der Waals surface area (Å²) in [6, 6.07) is -0.510. The fourth-order valence-electron chi connectivity index (χ4n) is 2.42. The van der Waals surface area contributed by atoms with Gasteiger partial charge in [-0.15, -0.1) is 0 Å². The van der Waals surface area contributed by atoms with Crippen LogP contribution in [-0.4, -0.2) is 49.9 Å². The molecule has 148 valence electrons. The summed E-state index contributed by atoms with van der Waals surface area (Å²) >= 11 is 0. The Labute approximate surface area is 153 Å². The highest BCUT2D eigenvalue weighted by Gasteiger charge is 2.31. The van der Waals surface area contributed by atoms with Gasteiger partial charge in [-0.2, -0.15) is 0 Å². The van der Waals surface area contributed by atoms with E-state index in [1.165, 1.54) is 0 Å². The van der Waals surface area contributed by atoms with Crippen LogP contribution in [0.25, 0.3) is 0 Å². The van der Waals surface area contributed by atoms with Gasteiger partial charge in [-0.1, -0.05) is 53.3 Å². The second kappa shape index (κ2) is 11.6. The number of carbonyl (C=O) groups excluding carboxylic acids is 2. The maximum Gasteiger partial charge on any atom is 0.407 e. The first-order valence-corrected chi connectivity index (χ1v) is 13.1. The van der Waals surface area contributed by atoms with Crippen LogP contribution in [0.15, 0.2) is 0 Å². The van der Waals surface area contributed by atoms with Gasteiger partial charge in [0, 0.05) is 14.1 Å². The lowest BCUT2D eigenvalue weighted by Crippen LogP contribution is -2.51. The molecule has 0 bridgehead atoms. The molecule has 0 saturated carbocycles. The minimum Gasteiger partial charge on any atom is -0.450 e. The van der Waals surface area contributed by atoms with E-state index in [1.807, 2.05) is 20.8 Å². The van der Waals surface area contributed by atoms with Crippen LogP contribution < -0.4 is 11.1 Å². The van der Waals surface area contributed by atoms with E-state index in [9.17, 15) is 14.7 Å². The predicted molar refractivity (Wildman–Crippen MR) is 104 cm³/mol. The number of nitrogens with two attached hydrogens (primary N) is 1. The maximum atomic E-state index is 12.5. The Balaban J connectivity index is 4.70. The maximum absolute atomic E-state index is 12.5. The van der Waals surface area contributed by atoms with Crippen molar-refractivity contribution in [2.24, 2.45) is 11.7 Å². The largest absolute Gasteiger partial charge is 0.450 e. The summed E-state index contributed by atoms with van der Waals surface area (Å²) in [6.07, 6.45) is 0.823. The van der Waals surface area contributed by atoms with Gasteiger partial charge in [-0.25, -0.2) is 4.79 Å². The average molecular weight is 375 g/mol. The van der Waals surface area contributed by atoms with Crippen LogP contribution in [0.1, 0.15) is 46.5 Å². The van der Waals surface area contributed by atoms with Gasteiger partial charge in [0.25, 0.3) is 0 Å². The van der Waals surface area contributed by atoms with E-state index >= 15 is 0 Å². The lowest BCUT2D eigenvalue weighted by atomic mass is 9.93. The van der Waals surface area contributed by atoms with Crippen LogP contribution in [0.2, 0.25) is 25.7 Å². The Morgan fingerprint density at radius 1 is 1.24 bits per heavy atom. The number of hydrogen-bond donors (Lipinski definition) is 3. The van der Waals surface area contributed by atoms with Gasteiger partial charge >= 0.3 is 6.09 Å². The van der Waals surface area contributed by atoms with Crippen molar-refractivity contribution in [3.05, 3.63) is 0 Å². The van der Waals surface area contributed by atoms with Gasteiger partial charge in [0.2, 0.25) is 0 Å². The van der Waals surface area contributed by atoms with E-state index in [-0.39, 0.29) is 5.92 Å². The minimum atomic E-state index is -1.28. The molecule has 0 heterocycles. The monoisotopic (exact) mass is 374 g/mol. The van der Waals surface area contributed by atoms with Crippen molar-refractivity contribution in [3.8, 4) is 0 Å². The summed E-state index contributed by atoms with van der Waals surface area (Å²) in [5, 5.41) is 12.9. The second-order valence-corrected chi connectivity index (χ2v) is 14.0. The van der Waals surface area contributed by atoms with Gasteiger partial charge in [-0.05, 0) is 24.8 Å². The number of ketones is 1.